The minimum absolute atomic E-state index is 0.414. The number of hydrogen-bond acceptors (Lipinski definition) is 4. The molecule has 0 amide bonds. The highest BCUT2D eigenvalue weighted by atomic mass is 15.5. The van der Waals surface area contributed by atoms with Gasteiger partial charge in [0.1, 0.15) is 0 Å². The van der Waals surface area contributed by atoms with E-state index in [-0.39, 0.29) is 0 Å². The first-order valence-corrected chi connectivity index (χ1v) is 7.21. The second-order valence-electron chi connectivity index (χ2n) is 6.04. The Morgan fingerprint density at radius 3 is 2.70 bits per heavy atom. The maximum atomic E-state index is 6.04. The van der Waals surface area contributed by atoms with Crippen molar-refractivity contribution in [2.75, 3.05) is 5.73 Å². The van der Waals surface area contributed by atoms with Gasteiger partial charge < -0.3 is 5.73 Å². The third-order valence-electron chi connectivity index (χ3n) is 4.36. The van der Waals surface area contributed by atoms with Crippen molar-refractivity contribution in [3.63, 3.8) is 0 Å². The second-order valence-corrected chi connectivity index (χ2v) is 6.04. The van der Waals surface area contributed by atoms with Crippen LogP contribution in [0.1, 0.15) is 43.4 Å². The molecule has 3 rings (SSSR count). The van der Waals surface area contributed by atoms with Gasteiger partial charge in [-0.05, 0) is 66.6 Å². The lowest BCUT2D eigenvalue weighted by atomic mass is 10.0. The lowest BCUT2D eigenvalue weighted by Crippen LogP contribution is -2.10. The summed E-state index contributed by atoms with van der Waals surface area (Å²) < 4.78 is 1.99. The Bertz CT molecular complexity index is 631. The van der Waals surface area contributed by atoms with Gasteiger partial charge in [-0.2, -0.15) is 0 Å². The van der Waals surface area contributed by atoms with Crippen molar-refractivity contribution < 1.29 is 0 Å². The summed E-state index contributed by atoms with van der Waals surface area (Å²) in [5.74, 6) is 1.59. The van der Waals surface area contributed by atoms with Gasteiger partial charge in [0.15, 0.2) is 5.82 Å². The quantitative estimate of drug-likeness (QED) is 0.853. The number of hydrogen-bond donors (Lipinski definition) is 1. The fourth-order valence-corrected chi connectivity index (χ4v) is 3.13. The molecule has 1 aromatic heterocycles. The topological polar surface area (TPSA) is 69.6 Å². The molecular weight excluding hydrogens is 250 g/mol. The minimum atomic E-state index is 0.414. The molecule has 106 valence electrons. The Balaban J connectivity index is 2.03. The number of tetrazole rings is 1. The van der Waals surface area contributed by atoms with E-state index in [2.05, 4.69) is 35.4 Å². The molecule has 0 spiro atoms. The summed E-state index contributed by atoms with van der Waals surface area (Å²) in [6.07, 6.45) is 3.55. The number of nitrogen functional groups attached to an aromatic ring is 1. The highest BCUT2D eigenvalue weighted by Gasteiger charge is 2.27. The monoisotopic (exact) mass is 271 g/mol. The van der Waals surface area contributed by atoms with Crippen molar-refractivity contribution in [3.05, 3.63) is 23.3 Å². The molecule has 1 saturated carbocycles. The van der Waals surface area contributed by atoms with Crippen molar-refractivity contribution in [3.8, 4) is 11.4 Å². The van der Waals surface area contributed by atoms with Crippen LogP contribution < -0.4 is 5.73 Å². The van der Waals surface area contributed by atoms with Crippen LogP contribution in [-0.4, -0.2) is 20.2 Å². The van der Waals surface area contributed by atoms with Gasteiger partial charge in [0, 0.05) is 11.3 Å². The van der Waals surface area contributed by atoms with E-state index in [1.165, 1.54) is 12.0 Å². The van der Waals surface area contributed by atoms with Gasteiger partial charge in [0.05, 0.1) is 6.04 Å². The predicted molar refractivity (Wildman–Crippen MR) is 79.2 cm³/mol. The van der Waals surface area contributed by atoms with Crippen LogP contribution in [0.15, 0.2) is 12.1 Å². The van der Waals surface area contributed by atoms with Gasteiger partial charge in [0.25, 0.3) is 0 Å². The smallest absolute Gasteiger partial charge is 0.182 e. The lowest BCUT2D eigenvalue weighted by molar-refractivity contribution is 0.443. The molecule has 20 heavy (non-hydrogen) atoms. The number of benzene rings is 1. The van der Waals surface area contributed by atoms with Crippen LogP contribution in [0.25, 0.3) is 11.4 Å². The van der Waals surface area contributed by atoms with Crippen molar-refractivity contribution in [2.24, 2.45) is 5.92 Å². The largest absolute Gasteiger partial charge is 0.398 e. The fourth-order valence-electron chi connectivity index (χ4n) is 3.13. The van der Waals surface area contributed by atoms with Gasteiger partial charge in [-0.1, -0.05) is 13.0 Å². The molecule has 0 aliphatic heterocycles. The Kier molecular flexibility index (Phi) is 3.20. The van der Waals surface area contributed by atoms with Crippen molar-refractivity contribution >= 4 is 5.69 Å². The number of anilines is 1. The van der Waals surface area contributed by atoms with E-state index in [9.17, 15) is 0 Å². The molecule has 2 aromatic rings. The number of aromatic nitrogens is 4. The molecule has 5 nitrogen and oxygen atoms in total. The van der Waals surface area contributed by atoms with Gasteiger partial charge in [-0.3, -0.25) is 0 Å². The standard InChI is InChI=1S/C15H21N5/c1-9-4-5-12(6-9)20-15(17-18-19-20)13-8-14(16)11(3)7-10(13)2/h7-9,12H,4-6,16H2,1-3H3. The molecule has 2 atom stereocenters. The summed E-state index contributed by atoms with van der Waals surface area (Å²) in [6, 6.07) is 4.50. The van der Waals surface area contributed by atoms with Crippen LogP contribution in [-0.2, 0) is 0 Å². The van der Waals surface area contributed by atoms with Crippen LogP contribution in [0.4, 0.5) is 5.69 Å². The molecule has 5 heteroatoms. The molecule has 1 heterocycles. The Morgan fingerprint density at radius 1 is 1.20 bits per heavy atom. The summed E-state index contributed by atoms with van der Waals surface area (Å²) in [5, 5.41) is 12.3. The maximum absolute atomic E-state index is 6.04. The molecule has 2 unspecified atom stereocenters. The summed E-state index contributed by atoms with van der Waals surface area (Å²) in [7, 11) is 0. The molecule has 0 radical (unpaired) electrons. The molecule has 1 aliphatic carbocycles. The normalized spacial score (nSPS) is 22.4. The Morgan fingerprint density at radius 2 is 2.00 bits per heavy atom. The summed E-state index contributed by atoms with van der Waals surface area (Å²) in [6.45, 7) is 6.39. The van der Waals surface area contributed by atoms with Gasteiger partial charge in [-0.25, -0.2) is 4.68 Å². The van der Waals surface area contributed by atoms with Gasteiger partial charge in [-0.15, -0.1) is 5.10 Å². The van der Waals surface area contributed by atoms with E-state index in [4.69, 9.17) is 5.73 Å². The van der Waals surface area contributed by atoms with Crippen molar-refractivity contribution in [1.29, 1.82) is 0 Å². The first-order valence-electron chi connectivity index (χ1n) is 7.21. The van der Waals surface area contributed by atoms with E-state index < -0.39 is 0 Å². The van der Waals surface area contributed by atoms with E-state index in [0.717, 1.165) is 41.4 Å². The minimum Gasteiger partial charge on any atom is -0.398 e. The van der Waals surface area contributed by atoms with E-state index in [1.54, 1.807) is 0 Å². The first-order chi connectivity index (χ1) is 9.56. The SMILES string of the molecule is Cc1cc(C)c(-c2nnnn2C2CCC(C)C2)cc1N. The number of rotatable bonds is 2. The van der Waals surface area contributed by atoms with Crippen molar-refractivity contribution in [1.82, 2.24) is 20.2 Å². The number of nitrogens with zero attached hydrogens (tertiary/aromatic N) is 4. The Hall–Kier alpha value is -1.91. The zero-order valence-electron chi connectivity index (χ0n) is 12.3. The number of nitrogens with two attached hydrogens (primary N) is 1. The predicted octanol–water partition coefficient (Wildman–Crippen LogP) is 2.90. The molecule has 0 bridgehead atoms. The van der Waals surface area contributed by atoms with Crippen molar-refractivity contribution in [2.45, 2.75) is 46.1 Å². The summed E-state index contributed by atoms with van der Waals surface area (Å²) in [4.78, 5) is 0. The lowest BCUT2D eigenvalue weighted by Gasteiger charge is -2.14. The molecule has 2 N–H and O–H groups in total. The highest BCUT2D eigenvalue weighted by molar-refractivity contribution is 5.67. The van der Waals surface area contributed by atoms with Crippen LogP contribution in [0.3, 0.4) is 0 Å². The molecule has 1 aliphatic rings. The van der Waals surface area contributed by atoms with Gasteiger partial charge in [0.2, 0.25) is 0 Å². The van der Waals surface area contributed by atoms with Crippen LogP contribution in [0.2, 0.25) is 0 Å². The van der Waals surface area contributed by atoms with Crippen LogP contribution in [0, 0.1) is 19.8 Å². The molecular formula is C15H21N5. The molecule has 1 fully saturated rings. The van der Waals surface area contributed by atoms with Crippen LogP contribution in [0.5, 0.6) is 0 Å². The molecule has 1 aromatic carbocycles. The third kappa shape index (κ3) is 2.17. The zero-order valence-corrected chi connectivity index (χ0v) is 12.3. The fraction of sp³-hybridized carbons (Fsp3) is 0.533. The van der Waals surface area contributed by atoms with Gasteiger partial charge >= 0.3 is 0 Å². The van der Waals surface area contributed by atoms with E-state index in [0.29, 0.717) is 6.04 Å². The summed E-state index contributed by atoms with van der Waals surface area (Å²) in [5.41, 5.74) is 10.1. The average molecular weight is 271 g/mol. The summed E-state index contributed by atoms with van der Waals surface area (Å²) >= 11 is 0. The second kappa shape index (κ2) is 4.89. The third-order valence-corrected chi connectivity index (χ3v) is 4.36. The zero-order chi connectivity index (χ0) is 14.3. The number of aryl methyl sites for hydroxylation is 2. The maximum Gasteiger partial charge on any atom is 0.182 e. The highest BCUT2D eigenvalue weighted by Crippen LogP contribution is 2.36. The molecule has 0 saturated heterocycles. The van der Waals surface area contributed by atoms with E-state index >= 15 is 0 Å². The Labute approximate surface area is 119 Å². The first kappa shape index (κ1) is 13.1. The van der Waals surface area contributed by atoms with E-state index in [1.807, 2.05) is 17.7 Å². The average Bonchev–Trinajstić information content (AvgIpc) is 3.02. The van der Waals surface area contributed by atoms with Crippen LogP contribution >= 0.6 is 0 Å².